The molecule has 0 aromatic carbocycles. The Morgan fingerprint density at radius 1 is 1.17 bits per heavy atom. The molecule has 2 N–H and O–H groups in total. The fourth-order valence-corrected chi connectivity index (χ4v) is 3.07. The molecule has 1 rings (SSSR count). The van der Waals surface area contributed by atoms with Crippen LogP contribution in [0.3, 0.4) is 0 Å². The highest BCUT2D eigenvalue weighted by molar-refractivity contribution is 6.21. The van der Waals surface area contributed by atoms with Crippen LogP contribution in [0.4, 0.5) is 0 Å². The predicted octanol–water partition coefficient (Wildman–Crippen LogP) is 1.72. The van der Waals surface area contributed by atoms with Gasteiger partial charge in [-0.2, -0.15) is 0 Å². The average Bonchev–Trinajstić information content (AvgIpc) is 2.93. The third kappa shape index (κ3) is 6.82. The van der Waals surface area contributed by atoms with Gasteiger partial charge in [-0.3, -0.25) is 24.1 Å². The Labute approximate surface area is 176 Å². The van der Waals surface area contributed by atoms with E-state index in [1.54, 1.807) is 6.08 Å². The van der Waals surface area contributed by atoms with Crippen molar-refractivity contribution in [1.82, 2.24) is 10.2 Å². The van der Waals surface area contributed by atoms with E-state index < -0.39 is 23.8 Å². The molecule has 166 valence electrons. The molecule has 0 saturated heterocycles. The average molecular weight is 422 g/mol. The van der Waals surface area contributed by atoms with Crippen molar-refractivity contribution in [3.8, 4) is 0 Å². The first-order valence-electron chi connectivity index (χ1n) is 10.1. The molecule has 9 nitrogen and oxygen atoms in total. The molecule has 1 atom stereocenters. The van der Waals surface area contributed by atoms with Gasteiger partial charge < -0.3 is 20.0 Å². The molecule has 0 fully saturated rings. The van der Waals surface area contributed by atoms with Gasteiger partial charge in [-0.25, -0.2) is 0 Å². The first-order valence-corrected chi connectivity index (χ1v) is 10.1. The van der Waals surface area contributed by atoms with E-state index in [9.17, 15) is 24.0 Å². The lowest BCUT2D eigenvalue weighted by molar-refractivity contribution is -0.143. The minimum Gasteiger partial charge on any atom is -0.493 e. The van der Waals surface area contributed by atoms with Crippen LogP contribution in [-0.2, 0) is 28.7 Å². The normalized spacial score (nSPS) is 15.4. The van der Waals surface area contributed by atoms with E-state index in [0.29, 0.717) is 32.0 Å². The molecule has 0 radical (unpaired) electrons. The van der Waals surface area contributed by atoms with E-state index in [2.05, 4.69) is 5.32 Å². The Hall–Kier alpha value is -2.97. The van der Waals surface area contributed by atoms with E-state index >= 15 is 0 Å². The number of hydrogen-bond acceptors (Lipinski definition) is 6. The number of rotatable bonds is 14. The summed E-state index contributed by atoms with van der Waals surface area (Å²) >= 11 is 0. The standard InChI is InChI=1S/C21H30N2O7/c1-4-8-16(30-12-7-5-6-9-18(26)27)19-14(2)20(28)23(21(19)29)15(13-24)10-11-17(25)22-3/h8,13,15H,4-7,9-12H2,1-3H3,(H,22,25)(H,26,27)/b16-8+. The number of ether oxygens (including phenoxy) is 1. The van der Waals surface area contributed by atoms with Gasteiger partial charge in [0.1, 0.15) is 12.0 Å². The highest BCUT2D eigenvalue weighted by atomic mass is 16.5. The first kappa shape index (κ1) is 25.1. The van der Waals surface area contributed by atoms with Crippen LogP contribution in [-0.4, -0.2) is 59.7 Å². The summed E-state index contributed by atoms with van der Waals surface area (Å²) < 4.78 is 5.74. The monoisotopic (exact) mass is 422 g/mol. The number of nitrogens with zero attached hydrogens (tertiary/aromatic N) is 1. The minimum absolute atomic E-state index is 0.00977. The number of hydrogen-bond donors (Lipinski definition) is 2. The summed E-state index contributed by atoms with van der Waals surface area (Å²) in [5, 5.41) is 11.1. The van der Waals surface area contributed by atoms with Crippen LogP contribution in [0, 0.1) is 0 Å². The van der Waals surface area contributed by atoms with Gasteiger partial charge in [0.15, 0.2) is 0 Å². The zero-order chi connectivity index (χ0) is 22.7. The second kappa shape index (κ2) is 12.6. The van der Waals surface area contributed by atoms with Crippen LogP contribution in [0.15, 0.2) is 23.0 Å². The number of carboxylic acids is 1. The molecule has 1 aliphatic rings. The number of carboxylic acid groups (broad SMARTS) is 1. The van der Waals surface area contributed by atoms with Crippen LogP contribution >= 0.6 is 0 Å². The smallest absolute Gasteiger partial charge is 0.303 e. The Balaban J connectivity index is 2.86. The largest absolute Gasteiger partial charge is 0.493 e. The molecule has 0 aromatic rings. The van der Waals surface area contributed by atoms with Crippen LogP contribution < -0.4 is 5.32 Å². The third-order valence-corrected chi connectivity index (χ3v) is 4.71. The van der Waals surface area contributed by atoms with Crippen molar-refractivity contribution in [2.45, 2.75) is 64.8 Å². The molecule has 1 unspecified atom stereocenters. The molecule has 1 aliphatic heterocycles. The van der Waals surface area contributed by atoms with Gasteiger partial charge in [-0.1, -0.05) is 6.92 Å². The molecule has 3 amide bonds. The SMILES string of the molecule is CC/C=C(/OCCCCCC(=O)O)C1=C(C)C(=O)N(C(C=O)CCC(=O)NC)C1=O. The fourth-order valence-electron chi connectivity index (χ4n) is 3.07. The van der Waals surface area contributed by atoms with Gasteiger partial charge in [0.25, 0.3) is 11.8 Å². The number of nitrogens with one attached hydrogen (secondary N) is 1. The number of unbranched alkanes of at least 4 members (excludes halogenated alkanes) is 2. The molecule has 0 spiro atoms. The summed E-state index contributed by atoms with van der Waals surface area (Å²) in [6, 6.07) is -1.03. The van der Waals surface area contributed by atoms with Crippen molar-refractivity contribution in [3.05, 3.63) is 23.0 Å². The lowest BCUT2D eigenvalue weighted by Crippen LogP contribution is -2.43. The maximum absolute atomic E-state index is 13.0. The zero-order valence-electron chi connectivity index (χ0n) is 17.7. The number of allylic oxidation sites excluding steroid dienone is 1. The number of carbonyl (C=O) groups excluding carboxylic acids is 4. The van der Waals surface area contributed by atoms with E-state index in [-0.39, 0.29) is 48.7 Å². The number of imide groups is 1. The van der Waals surface area contributed by atoms with Crippen molar-refractivity contribution in [1.29, 1.82) is 0 Å². The van der Waals surface area contributed by atoms with Crippen molar-refractivity contribution in [2.75, 3.05) is 13.7 Å². The Kier molecular flexibility index (Phi) is 10.5. The predicted molar refractivity (Wildman–Crippen MR) is 108 cm³/mol. The quantitative estimate of drug-likeness (QED) is 0.189. The molecule has 0 saturated carbocycles. The van der Waals surface area contributed by atoms with Gasteiger partial charge >= 0.3 is 5.97 Å². The number of aldehydes is 1. The van der Waals surface area contributed by atoms with Crippen molar-refractivity contribution < 1.29 is 33.8 Å². The molecule has 30 heavy (non-hydrogen) atoms. The maximum atomic E-state index is 13.0. The lowest BCUT2D eigenvalue weighted by Gasteiger charge is -2.22. The van der Waals surface area contributed by atoms with Crippen molar-refractivity contribution in [3.63, 3.8) is 0 Å². The number of amides is 3. The molecule has 9 heteroatoms. The Morgan fingerprint density at radius 2 is 1.87 bits per heavy atom. The van der Waals surface area contributed by atoms with Crippen LogP contribution in [0.2, 0.25) is 0 Å². The molecule has 1 heterocycles. The van der Waals surface area contributed by atoms with Gasteiger partial charge in [0, 0.05) is 25.5 Å². The van der Waals surface area contributed by atoms with Crippen LogP contribution in [0.5, 0.6) is 0 Å². The zero-order valence-corrected chi connectivity index (χ0v) is 17.7. The topological polar surface area (TPSA) is 130 Å². The summed E-state index contributed by atoms with van der Waals surface area (Å²) in [5.74, 6) is -2.04. The number of aliphatic carboxylic acids is 1. The van der Waals surface area contributed by atoms with Gasteiger partial charge in [0.2, 0.25) is 5.91 Å². The van der Waals surface area contributed by atoms with Gasteiger partial charge in [-0.15, -0.1) is 0 Å². The second-order valence-corrected chi connectivity index (χ2v) is 6.93. The Bertz CT molecular complexity index is 740. The summed E-state index contributed by atoms with van der Waals surface area (Å²) in [5.41, 5.74) is 0.316. The highest BCUT2D eigenvalue weighted by Crippen LogP contribution is 2.30. The van der Waals surface area contributed by atoms with Crippen LogP contribution in [0.1, 0.15) is 58.8 Å². The summed E-state index contributed by atoms with van der Waals surface area (Å²) in [4.78, 5) is 60.1. The van der Waals surface area contributed by atoms with Gasteiger partial charge in [-0.05, 0) is 45.1 Å². The highest BCUT2D eigenvalue weighted by Gasteiger charge is 2.42. The molecule has 0 bridgehead atoms. The molecular formula is C21H30N2O7. The molecule has 0 aliphatic carbocycles. The molecular weight excluding hydrogens is 392 g/mol. The van der Waals surface area contributed by atoms with E-state index in [4.69, 9.17) is 9.84 Å². The second-order valence-electron chi connectivity index (χ2n) is 6.93. The maximum Gasteiger partial charge on any atom is 0.303 e. The van der Waals surface area contributed by atoms with E-state index in [0.717, 1.165) is 4.90 Å². The number of carbonyl (C=O) groups is 5. The van der Waals surface area contributed by atoms with E-state index in [1.165, 1.54) is 14.0 Å². The van der Waals surface area contributed by atoms with E-state index in [1.807, 2.05) is 6.92 Å². The fraction of sp³-hybridized carbons (Fsp3) is 0.571. The Morgan fingerprint density at radius 3 is 2.43 bits per heavy atom. The first-order chi connectivity index (χ1) is 14.3. The summed E-state index contributed by atoms with van der Waals surface area (Å²) in [6.45, 7) is 3.65. The van der Waals surface area contributed by atoms with Crippen molar-refractivity contribution >= 4 is 30.0 Å². The summed E-state index contributed by atoms with van der Waals surface area (Å²) in [7, 11) is 1.47. The summed E-state index contributed by atoms with van der Waals surface area (Å²) in [6.07, 6.45) is 4.71. The van der Waals surface area contributed by atoms with Gasteiger partial charge in [0.05, 0.1) is 18.2 Å². The lowest BCUT2D eigenvalue weighted by atomic mass is 10.1. The minimum atomic E-state index is -1.03. The van der Waals surface area contributed by atoms with Crippen LogP contribution in [0.25, 0.3) is 0 Å². The molecule has 0 aromatic heterocycles. The third-order valence-electron chi connectivity index (χ3n) is 4.71. The van der Waals surface area contributed by atoms with Crippen molar-refractivity contribution in [2.24, 2.45) is 0 Å².